The smallest absolute Gasteiger partial charge is 0.410 e. The summed E-state index contributed by atoms with van der Waals surface area (Å²) in [6.07, 6.45) is 0.493. The lowest BCUT2D eigenvalue weighted by Gasteiger charge is -2.24. The minimum absolute atomic E-state index is 0.0897. The van der Waals surface area contributed by atoms with Crippen LogP contribution in [0.15, 0.2) is 18.2 Å². The molecule has 126 valence electrons. The predicted molar refractivity (Wildman–Crippen MR) is 88.0 cm³/mol. The molecule has 1 aromatic carbocycles. The van der Waals surface area contributed by atoms with Crippen molar-refractivity contribution in [2.45, 2.75) is 45.8 Å². The Morgan fingerprint density at radius 3 is 2.65 bits per heavy atom. The monoisotopic (exact) mass is 320 g/mol. The minimum atomic E-state index is -0.937. The molecule has 0 unspecified atom stereocenters. The van der Waals surface area contributed by atoms with E-state index in [4.69, 9.17) is 4.74 Å². The number of hydrogen-bond donors (Lipinski definition) is 2. The maximum atomic E-state index is 12.0. The highest BCUT2D eigenvalue weighted by Crippen LogP contribution is 2.21. The Morgan fingerprint density at radius 1 is 1.35 bits per heavy atom. The first kappa shape index (κ1) is 17.1. The van der Waals surface area contributed by atoms with E-state index in [1.807, 2.05) is 26.8 Å². The second kappa shape index (κ2) is 6.48. The number of carboxylic acid groups (broad SMARTS) is 1. The molecule has 0 saturated carbocycles. The summed E-state index contributed by atoms with van der Waals surface area (Å²) in [4.78, 5) is 24.9. The fourth-order valence-corrected chi connectivity index (χ4v) is 2.55. The van der Waals surface area contributed by atoms with Gasteiger partial charge >= 0.3 is 12.1 Å². The van der Waals surface area contributed by atoms with Gasteiger partial charge in [-0.3, -0.25) is 0 Å². The maximum Gasteiger partial charge on any atom is 0.410 e. The molecule has 23 heavy (non-hydrogen) atoms. The number of amides is 1. The van der Waals surface area contributed by atoms with Crippen molar-refractivity contribution in [3.63, 3.8) is 0 Å². The SMILES string of the molecule is Cc1ccc(N[C@@H]2CCN(C(=O)OC(C)(C)C)C2)cc1C(=O)O. The van der Waals surface area contributed by atoms with E-state index in [9.17, 15) is 14.7 Å². The number of hydrogen-bond acceptors (Lipinski definition) is 4. The Labute approximate surface area is 136 Å². The van der Waals surface area contributed by atoms with E-state index in [0.717, 1.165) is 17.7 Å². The van der Waals surface area contributed by atoms with Crippen LogP contribution in [-0.4, -0.2) is 46.8 Å². The molecule has 1 aliphatic heterocycles. The van der Waals surface area contributed by atoms with Crippen molar-refractivity contribution in [2.24, 2.45) is 0 Å². The molecule has 0 bridgehead atoms. The van der Waals surface area contributed by atoms with Gasteiger partial charge in [0.2, 0.25) is 0 Å². The molecule has 1 heterocycles. The molecule has 1 fully saturated rings. The van der Waals surface area contributed by atoms with Crippen LogP contribution in [0.5, 0.6) is 0 Å². The summed E-state index contributed by atoms with van der Waals surface area (Å²) in [7, 11) is 0. The summed E-state index contributed by atoms with van der Waals surface area (Å²) < 4.78 is 5.37. The Hall–Kier alpha value is -2.24. The van der Waals surface area contributed by atoms with Gasteiger partial charge in [-0.15, -0.1) is 0 Å². The fourth-order valence-electron chi connectivity index (χ4n) is 2.55. The largest absolute Gasteiger partial charge is 0.478 e. The minimum Gasteiger partial charge on any atom is -0.478 e. The molecule has 1 amide bonds. The van der Waals surface area contributed by atoms with Gasteiger partial charge in [0.05, 0.1) is 5.56 Å². The van der Waals surface area contributed by atoms with Crippen LogP contribution in [0.1, 0.15) is 43.1 Å². The number of anilines is 1. The van der Waals surface area contributed by atoms with Gasteiger partial charge in [-0.05, 0) is 51.8 Å². The topological polar surface area (TPSA) is 78.9 Å². The average Bonchev–Trinajstić information content (AvgIpc) is 2.87. The number of aryl methyl sites for hydroxylation is 1. The van der Waals surface area contributed by atoms with Crippen molar-refractivity contribution >= 4 is 17.7 Å². The van der Waals surface area contributed by atoms with Crippen LogP contribution in [0, 0.1) is 6.92 Å². The number of nitrogens with zero attached hydrogens (tertiary/aromatic N) is 1. The standard InChI is InChI=1S/C17H24N2O4/c1-11-5-6-12(9-14(11)15(20)21)18-13-7-8-19(10-13)16(22)23-17(2,3)4/h5-6,9,13,18H,7-8,10H2,1-4H3,(H,20,21)/t13-/m1/s1. The third-order valence-corrected chi connectivity index (χ3v) is 3.68. The zero-order valence-corrected chi connectivity index (χ0v) is 14.0. The van der Waals surface area contributed by atoms with E-state index in [2.05, 4.69) is 5.32 Å². The molecule has 1 aliphatic rings. The highest BCUT2D eigenvalue weighted by molar-refractivity contribution is 5.90. The molecule has 2 N–H and O–H groups in total. The lowest BCUT2D eigenvalue weighted by Crippen LogP contribution is -2.36. The normalized spacial score (nSPS) is 17.9. The molecule has 1 atom stereocenters. The Kier molecular flexibility index (Phi) is 4.82. The molecule has 6 nitrogen and oxygen atoms in total. The van der Waals surface area contributed by atoms with Crippen LogP contribution in [0.4, 0.5) is 10.5 Å². The summed E-state index contributed by atoms with van der Waals surface area (Å²) in [5.74, 6) is -0.937. The van der Waals surface area contributed by atoms with Crippen LogP contribution < -0.4 is 5.32 Å². The summed E-state index contributed by atoms with van der Waals surface area (Å²) in [5, 5.41) is 12.5. The molecular weight excluding hydrogens is 296 g/mol. The molecule has 0 aliphatic carbocycles. The summed E-state index contributed by atoms with van der Waals surface area (Å²) >= 11 is 0. The second-order valence-corrected chi connectivity index (χ2v) is 6.89. The van der Waals surface area contributed by atoms with Crippen LogP contribution in [0.2, 0.25) is 0 Å². The third-order valence-electron chi connectivity index (χ3n) is 3.68. The molecule has 0 aromatic heterocycles. The second-order valence-electron chi connectivity index (χ2n) is 6.89. The van der Waals surface area contributed by atoms with Gasteiger partial charge in [-0.2, -0.15) is 0 Å². The summed E-state index contributed by atoms with van der Waals surface area (Å²) in [5.41, 5.74) is 1.27. The molecule has 1 aromatic rings. The van der Waals surface area contributed by atoms with Gasteiger partial charge in [0.1, 0.15) is 5.60 Å². The quantitative estimate of drug-likeness (QED) is 0.894. The van der Waals surface area contributed by atoms with Crippen molar-refractivity contribution in [3.05, 3.63) is 29.3 Å². The van der Waals surface area contributed by atoms with Crippen LogP contribution in [0.3, 0.4) is 0 Å². The number of benzene rings is 1. The zero-order valence-electron chi connectivity index (χ0n) is 14.0. The number of likely N-dealkylation sites (tertiary alicyclic amines) is 1. The highest BCUT2D eigenvalue weighted by Gasteiger charge is 2.29. The van der Waals surface area contributed by atoms with Gasteiger partial charge in [0.25, 0.3) is 0 Å². The number of carbonyl (C=O) groups is 2. The fraction of sp³-hybridized carbons (Fsp3) is 0.529. The number of ether oxygens (including phenoxy) is 1. The summed E-state index contributed by atoms with van der Waals surface area (Å²) in [6.45, 7) is 8.48. The Balaban J connectivity index is 1.97. The van der Waals surface area contributed by atoms with Crippen LogP contribution in [-0.2, 0) is 4.74 Å². The van der Waals surface area contributed by atoms with Gasteiger partial charge in [0, 0.05) is 24.8 Å². The van der Waals surface area contributed by atoms with E-state index in [1.165, 1.54) is 0 Å². The maximum absolute atomic E-state index is 12.0. The number of nitrogens with one attached hydrogen (secondary N) is 1. The number of carbonyl (C=O) groups excluding carboxylic acids is 1. The van der Waals surface area contributed by atoms with Crippen molar-refractivity contribution in [1.82, 2.24) is 4.90 Å². The van der Waals surface area contributed by atoms with Gasteiger partial charge in [-0.25, -0.2) is 9.59 Å². The average molecular weight is 320 g/mol. The molecule has 6 heteroatoms. The van der Waals surface area contributed by atoms with E-state index >= 15 is 0 Å². The number of carboxylic acids is 1. The van der Waals surface area contributed by atoms with E-state index in [-0.39, 0.29) is 17.7 Å². The van der Waals surface area contributed by atoms with Crippen LogP contribution >= 0.6 is 0 Å². The van der Waals surface area contributed by atoms with Gasteiger partial charge < -0.3 is 20.1 Å². The van der Waals surface area contributed by atoms with E-state index in [1.54, 1.807) is 24.0 Å². The van der Waals surface area contributed by atoms with E-state index < -0.39 is 11.6 Å². The highest BCUT2D eigenvalue weighted by atomic mass is 16.6. The first-order valence-electron chi connectivity index (χ1n) is 7.74. The predicted octanol–water partition coefficient (Wildman–Crippen LogP) is 3.11. The third kappa shape index (κ3) is 4.61. The van der Waals surface area contributed by atoms with Gasteiger partial charge in [0.15, 0.2) is 0 Å². The lowest BCUT2D eigenvalue weighted by molar-refractivity contribution is 0.0293. The number of aromatic carboxylic acids is 1. The molecule has 0 radical (unpaired) electrons. The lowest BCUT2D eigenvalue weighted by atomic mass is 10.1. The van der Waals surface area contributed by atoms with Crippen molar-refractivity contribution < 1.29 is 19.4 Å². The first-order valence-corrected chi connectivity index (χ1v) is 7.74. The Bertz CT molecular complexity index is 607. The van der Waals surface area contributed by atoms with Crippen molar-refractivity contribution in [1.29, 1.82) is 0 Å². The number of rotatable bonds is 3. The van der Waals surface area contributed by atoms with Crippen molar-refractivity contribution in [3.8, 4) is 0 Å². The summed E-state index contributed by atoms with van der Waals surface area (Å²) in [6, 6.07) is 5.37. The molecule has 0 spiro atoms. The van der Waals surface area contributed by atoms with Crippen molar-refractivity contribution in [2.75, 3.05) is 18.4 Å². The zero-order chi connectivity index (χ0) is 17.2. The van der Waals surface area contributed by atoms with Gasteiger partial charge in [-0.1, -0.05) is 6.07 Å². The van der Waals surface area contributed by atoms with Crippen LogP contribution in [0.25, 0.3) is 0 Å². The molecule has 2 rings (SSSR count). The molecular formula is C17H24N2O4. The van der Waals surface area contributed by atoms with E-state index in [0.29, 0.717) is 13.1 Å². The first-order chi connectivity index (χ1) is 10.7. The molecule has 1 saturated heterocycles. The Morgan fingerprint density at radius 2 is 2.04 bits per heavy atom.